The molecule has 4 atom stereocenters. The molecule has 0 saturated heterocycles. The number of allylic oxidation sites excluding steroid dienone is 1. The van der Waals surface area contributed by atoms with Gasteiger partial charge in [-0.15, -0.1) is 0 Å². The number of hydrogen-bond donors (Lipinski definition) is 1. The lowest BCUT2D eigenvalue weighted by atomic mass is 9.68. The van der Waals surface area contributed by atoms with Gasteiger partial charge >= 0.3 is 0 Å². The first kappa shape index (κ1) is 18.9. The van der Waals surface area contributed by atoms with Crippen LogP contribution in [-0.2, 0) is 0 Å². The van der Waals surface area contributed by atoms with Gasteiger partial charge in [0.25, 0.3) is 0 Å². The second kappa shape index (κ2) is 7.65. The normalized spacial score (nSPS) is 28.6. The van der Waals surface area contributed by atoms with Crippen LogP contribution in [0.25, 0.3) is 11.1 Å². The standard InChI is InChI=1S/C27H32O2/c1-17(2)23-13-12-22(16-28)27-26(23)24-14-11-21(15-25(24)29-27)20-9-7-19(8-10-20)18-5-3-4-6-18/h7-11,14-15,18,22-23,26-28H,1,3-6,12-13,16H2,2H3. The molecule has 1 heterocycles. The highest BCUT2D eigenvalue weighted by molar-refractivity contribution is 5.67. The molecular formula is C27H32O2. The molecule has 152 valence electrons. The summed E-state index contributed by atoms with van der Waals surface area (Å²) >= 11 is 0. The molecule has 0 spiro atoms. The topological polar surface area (TPSA) is 29.5 Å². The van der Waals surface area contributed by atoms with Gasteiger partial charge in [-0.1, -0.05) is 61.4 Å². The van der Waals surface area contributed by atoms with E-state index in [1.165, 1.54) is 53.5 Å². The molecule has 0 radical (unpaired) electrons. The number of aliphatic hydroxyl groups is 1. The van der Waals surface area contributed by atoms with Crippen molar-refractivity contribution in [3.8, 4) is 16.9 Å². The minimum atomic E-state index is 0.0745. The van der Waals surface area contributed by atoms with Crippen molar-refractivity contribution < 1.29 is 9.84 Å². The molecule has 2 aliphatic carbocycles. The smallest absolute Gasteiger partial charge is 0.124 e. The summed E-state index contributed by atoms with van der Waals surface area (Å²) in [6.45, 7) is 6.59. The summed E-state index contributed by atoms with van der Waals surface area (Å²) in [6, 6.07) is 15.9. The SMILES string of the molecule is C=C(C)C1CCC(CO)C2Oc3cc(-c4ccc(C5CCCC5)cc4)ccc3C12. The number of rotatable bonds is 4. The van der Waals surface area contributed by atoms with Gasteiger partial charge in [0.1, 0.15) is 11.9 Å². The number of aliphatic hydroxyl groups excluding tert-OH is 1. The highest BCUT2D eigenvalue weighted by Gasteiger charge is 2.46. The highest BCUT2D eigenvalue weighted by atomic mass is 16.5. The van der Waals surface area contributed by atoms with E-state index in [2.05, 4.69) is 56.0 Å². The van der Waals surface area contributed by atoms with Crippen LogP contribution in [0.4, 0.5) is 0 Å². The fourth-order valence-corrected chi connectivity index (χ4v) is 6.02. The molecule has 1 N–H and O–H groups in total. The average Bonchev–Trinajstić information content (AvgIpc) is 3.41. The summed E-state index contributed by atoms with van der Waals surface area (Å²) in [5.41, 5.74) is 6.49. The maximum Gasteiger partial charge on any atom is 0.124 e. The van der Waals surface area contributed by atoms with Crippen molar-refractivity contribution in [1.29, 1.82) is 0 Å². The van der Waals surface area contributed by atoms with Crippen molar-refractivity contribution in [1.82, 2.24) is 0 Å². The van der Waals surface area contributed by atoms with E-state index in [4.69, 9.17) is 4.74 Å². The van der Waals surface area contributed by atoms with Gasteiger partial charge in [0.15, 0.2) is 0 Å². The van der Waals surface area contributed by atoms with Crippen LogP contribution < -0.4 is 4.74 Å². The molecule has 4 unspecified atom stereocenters. The van der Waals surface area contributed by atoms with Crippen molar-refractivity contribution >= 4 is 0 Å². The summed E-state index contributed by atoms with van der Waals surface area (Å²) in [6.07, 6.45) is 7.60. The fraction of sp³-hybridized carbons (Fsp3) is 0.481. The zero-order valence-electron chi connectivity index (χ0n) is 17.4. The van der Waals surface area contributed by atoms with Crippen LogP contribution in [0.1, 0.15) is 68.4 Å². The van der Waals surface area contributed by atoms with Gasteiger partial charge in [-0.3, -0.25) is 0 Å². The molecule has 2 fully saturated rings. The van der Waals surface area contributed by atoms with Crippen LogP contribution in [0.15, 0.2) is 54.6 Å². The van der Waals surface area contributed by atoms with E-state index in [9.17, 15) is 5.11 Å². The van der Waals surface area contributed by atoms with Crippen LogP contribution in [-0.4, -0.2) is 17.8 Å². The van der Waals surface area contributed by atoms with Crippen LogP contribution >= 0.6 is 0 Å². The molecule has 0 bridgehead atoms. The summed E-state index contributed by atoms with van der Waals surface area (Å²) in [7, 11) is 0. The van der Waals surface area contributed by atoms with Gasteiger partial charge < -0.3 is 9.84 Å². The zero-order chi connectivity index (χ0) is 20.0. The van der Waals surface area contributed by atoms with E-state index < -0.39 is 0 Å². The van der Waals surface area contributed by atoms with Crippen molar-refractivity contribution in [3.05, 3.63) is 65.7 Å². The van der Waals surface area contributed by atoms with Gasteiger partial charge in [-0.05, 0) is 67.2 Å². The average molecular weight is 389 g/mol. The Hall–Kier alpha value is -2.06. The number of fused-ring (bicyclic) bond motifs is 3. The van der Waals surface area contributed by atoms with Gasteiger partial charge in [0.2, 0.25) is 0 Å². The Morgan fingerprint density at radius 3 is 2.41 bits per heavy atom. The Balaban J connectivity index is 1.44. The first-order valence-corrected chi connectivity index (χ1v) is 11.3. The predicted molar refractivity (Wildman–Crippen MR) is 118 cm³/mol. The molecule has 2 aromatic rings. The Morgan fingerprint density at radius 2 is 1.72 bits per heavy atom. The predicted octanol–water partition coefficient (Wildman–Crippen LogP) is 6.45. The second-order valence-electron chi connectivity index (χ2n) is 9.44. The maximum absolute atomic E-state index is 9.89. The molecule has 3 aliphatic rings. The lowest BCUT2D eigenvalue weighted by Crippen LogP contribution is -2.39. The quantitative estimate of drug-likeness (QED) is 0.610. The number of ether oxygens (including phenoxy) is 1. The van der Waals surface area contributed by atoms with Crippen molar-refractivity contribution in [2.45, 2.75) is 63.4 Å². The van der Waals surface area contributed by atoms with Crippen LogP contribution in [0.5, 0.6) is 5.75 Å². The molecule has 2 saturated carbocycles. The first-order valence-electron chi connectivity index (χ1n) is 11.3. The molecule has 2 heteroatoms. The van der Waals surface area contributed by atoms with Gasteiger partial charge in [0.05, 0.1) is 0 Å². The second-order valence-corrected chi connectivity index (χ2v) is 9.44. The Bertz CT molecular complexity index is 891. The van der Waals surface area contributed by atoms with Crippen molar-refractivity contribution in [3.63, 3.8) is 0 Å². The van der Waals surface area contributed by atoms with Crippen LogP contribution in [0.2, 0.25) is 0 Å². The third kappa shape index (κ3) is 3.32. The molecule has 0 amide bonds. The summed E-state index contributed by atoms with van der Waals surface area (Å²) in [5.74, 6) is 2.75. The summed E-state index contributed by atoms with van der Waals surface area (Å²) in [4.78, 5) is 0. The minimum Gasteiger partial charge on any atom is -0.489 e. The van der Waals surface area contributed by atoms with Crippen molar-refractivity contribution in [2.24, 2.45) is 11.8 Å². The fourth-order valence-electron chi connectivity index (χ4n) is 6.02. The van der Waals surface area contributed by atoms with E-state index >= 15 is 0 Å². The molecule has 0 aromatic heterocycles. The highest BCUT2D eigenvalue weighted by Crippen LogP contribution is 2.52. The lowest BCUT2D eigenvalue weighted by Gasteiger charge is -2.38. The maximum atomic E-state index is 9.89. The first-order chi connectivity index (χ1) is 14.2. The van der Waals surface area contributed by atoms with Crippen LogP contribution in [0.3, 0.4) is 0 Å². The van der Waals surface area contributed by atoms with E-state index in [1.807, 2.05) is 0 Å². The molecule has 29 heavy (non-hydrogen) atoms. The molecule has 2 aromatic carbocycles. The molecule has 5 rings (SSSR count). The van der Waals surface area contributed by atoms with Gasteiger partial charge in [-0.25, -0.2) is 0 Å². The van der Waals surface area contributed by atoms with E-state index in [-0.39, 0.29) is 18.6 Å². The summed E-state index contributed by atoms with van der Waals surface area (Å²) in [5, 5.41) is 9.89. The third-order valence-electron chi connectivity index (χ3n) is 7.67. The molecule has 1 aliphatic heterocycles. The zero-order valence-corrected chi connectivity index (χ0v) is 17.4. The summed E-state index contributed by atoms with van der Waals surface area (Å²) < 4.78 is 6.46. The number of hydrogen-bond acceptors (Lipinski definition) is 2. The van der Waals surface area contributed by atoms with E-state index in [0.717, 1.165) is 24.5 Å². The third-order valence-corrected chi connectivity index (χ3v) is 7.67. The molecular weight excluding hydrogens is 356 g/mol. The van der Waals surface area contributed by atoms with E-state index in [0.29, 0.717) is 11.8 Å². The van der Waals surface area contributed by atoms with Crippen molar-refractivity contribution in [2.75, 3.05) is 6.61 Å². The minimum absolute atomic E-state index is 0.0745. The van der Waals surface area contributed by atoms with Crippen LogP contribution in [0, 0.1) is 11.8 Å². The number of benzene rings is 2. The Morgan fingerprint density at radius 1 is 1.00 bits per heavy atom. The Kier molecular flexibility index (Phi) is 4.99. The van der Waals surface area contributed by atoms with E-state index in [1.54, 1.807) is 0 Å². The van der Waals surface area contributed by atoms with Gasteiger partial charge in [0, 0.05) is 24.0 Å². The molecule has 2 nitrogen and oxygen atoms in total. The monoisotopic (exact) mass is 388 g/mol. The van der Waals surface area contributed by atoms with Gasteiger partial charge in [-0.2, -0.15) is 0 Å². The Labute approximate surface area is 174 Å². The largest absolute Gasteiger partial charge is 0.489 e. The lowest BCUT2D eigenvalue weighted by molar-refractivity contribution is 0.0414.